The minimum absolute atomic E-state index is 0.787. The maximum absolute atomic E-state index is 3.60. The van der Waals surface area contributed by atoms with Crippen LogP contribution in [0.2, 0.25) is 0 Å². The van der Waals surface area contributed by atoms with E-state index in [0.717, 1.165) is 18.5 Å². The number of aryl methyl sites for hydroxylation is 2. The van der Waals surface area contributed by atoms with Crippen molar-refractivity contribution in [1.82, 2.24) is 5.32 Å². The summed E-state index contributed by atoms with van der Waals surface area (Å²) < 4.78 is 0. The van der Waals surface area contributed by atoms with Crippen molar-refractivity contribution < 1.29 is 0 Å². The molecule has 1 fully saturated rings. The van der Waals surface area contributed by atoms with Gasteiger partial charge >= 0.3 is 0 Å². The summed E-state index contributed by atoms with van der Waals surface area (Å²) in [5.74, 6) is 0.911. The third-order valence-electron chi connectivity index (χ3n) is 4.72. The van der Waals surface area contributed by atoms with Crippen LogP contribution >= 0.6 is 0 Å². The van der Waals surface area contributed by atoms with Crippen LogP contribution in [-0.2, 0) is 19.3 Å². The molecule has 1 N–H and O–H groups in total. The zero-order chi connectivity index (χ0) is 12.4. The van der Waals surface area contributed by atoms with Crippen LogP contribution in [0.15, 0.2) is 18.2 Å². The number of hydrogen-bond donors (Lipinski definition) is 1. The molecule has 98 valence electrons. The maximum Gasteiger partial charge on any atom is 0.00698 e. The highest BCUT2D eigenvalue weighted by molar-refractivity contribution is 5.35. The van der Waals surface area contributed by atoms with Crippen molar-refractivity contribution in [3.05, 3.63) is 34.9 Å². The topological polar surface area (TPSA) is 12.0 Å². The van der Waals surface area contributed by atoms with Crippen molar-refractivity contribution in [3.8, 4) is 0 Å². The van der Waals surface area contributed by atoms with Crippen LogP contribution in [-0.4, -0.2) is 12.6 Å². The molecule has 2 unspecified atom stereocenters. The van der Waals surface area contributed by atoms with Crippen LogP contribution < -0.4 is 5.32 Å². The number of hydrogen-bond acceptors (Lipinski definition) is 1. The van der Waals surface area contributed by atoms with Crippen molar-refractivity contribution in [2.45, 2.75) is 57.9 Å². The molecular formula is C17H25N. The molecule has 0 amide bonds. The summed E-state index contributed by atoms with van der Waals surface area (Å²) in [7, 11) is 0. The molecule has 2 aliphatic rings. The van der Waals surface area contributed by atoms with E-state index in [9.17, 15) is 0 Å². The fraction of sp³-hybridized carbons (Fsp3) is 0.647. The van der Waals surface area contributed by atoms with Gasteiger partial charge in [-0.3, -0.25) is 0 Å². The van der Waals surface area contributed by atoms with Gasteiger partial charge in [-0.05, 0) is 74.1 Å². The van der Waals surface area contributed by atoms with Crippen molar-refractivity contribution in [3.63, 3.8) is 0 Å². The molecule has 0 bridgehead atoms. The van der Waals surface area contributed by atoms with Crippen molar-refractivity contribution in [2.24, 2.45) is 5.92 Å². The first-order valence-corrected chi connectivity index (χ1v) is 7.69. The second-order valence-corrected chi connectivity index (χ2v) is 6.09. The first-order chi connectivity index (χ1) is 8.85. The number of fused-ring (bicyclic) bond motifs is 1. The number of benzene rings is 1. The van der Waals surface area contributed by atoms with Crippen LogP contribution in [0.3, 0.4) is 0 Å². The Morgan fingerprint density at radius 2 is 2.06 bits per heavy atom. The van der Waals surface area contributed by atoms with E-state index in [-0.39, 0.29) is 0 Å². The fourth-order valence-electron chi connectivity index (χ4n) is 3.82. The van der Waals surface area contributed by atoms with Crippen LogP contribution in [0.1, 0.15) is 49.3 Å². The van der Waals surface area contributed by atoms with E-state index in [0.29, 0.717) is 0 Å². The molecule has 0 radical (unpaired) electrons. The molecular weight excluding hydrogens is 218 g/mol. The summed E-state index contributed by atoms with van der Waals surface area (Å²) in [6.45, 7) is 3.34. The van der Waals surface area contributed by atoms with Gasteiger partial charge in [0.2, 0.25) is 0 Å². The summed E-state index contributed by atoms with van der Waals surface area (Å²) in [4.78, 5) is 0. The van der Waals surface area contributed by atoms with E-state index in [1.807, 2.05) is 0 Å². The summed E-state index contributed by atoms with van der Waals surface area (Å²) in [6.07, 6.45) is 9.46. The van der Waals surface area contributed by atoms with Crippen molar-refractivity contribution in [2.75, 3.05) is 6.54 Å². The molecule has 3 rings (SSSR count). The Bertz CT molecular complexity index is 410. The minimum atomic E-state index is 0.787. The lowest BCUT2D eigenvalue weighted by Gasteiger charge is -2.13. The molecule has 1 aromatic rings. The molecule has 1 nitrogen and oxygen atoms in total. The first kappa shape index (κ1) is 12.2. The molecule has 0 aliphatic heterocycles. The lowest BCUT2D eigenvalue weighted by atomic mass is 9.95. The zero-order valence-corrected chi connectivity index (χ0v) is 11.5. The molecule has 0 spiro atoms. The monoisotopic (exact) mass is 243 g/mol. The molecule has 0 heterocycles. The fourth-order valence-corrected chi connectivity index (χ4v) is 3.82. The van der Waals surface area contributed by atoms with Gasteiger partial charge in [0.1, 0.15) is 0 Å². The predicted octanol–water partition coefficient (Wildman–Crippen LogP) is 3.50. The van der Waals surface area contributed by atoms with E-state index in [1.54, 1.807) is 16.7 Å². The van der Waals surface area contributed by atoms with Gasteiger partial charge in [0.05, 0.1) is 0 Å². The Morgan fingerprint density at radius 3 is 2.94 bits per heavy atom. The Morgan fingerprint density at radius 1 is 1.17 bits per heavy atom. The summed E-state index contributed by atoms with van der Waals surface area (Å²) >= 11 is 0. The average molecular weight is 243 g/mol. The Kier molecular flexibility index (Phi) is 3.69. The van der Waals surface area contributed by atoms with Gasteiger partial charge in [0.15, 0.2) is 0 Å². The van der Waals surface area contributed by atoms with Gasteiger partial charge in [0, 0.05) is 6.04 Å². The molecule has 1 aromatic carbocycles. The highest BCUT2D eigenvalue weighted by Crippen LogP contribution is 2.30. The van der Waals surface area contributed by atoms with Crippen LogP contribution in [0.5, 0.6) is 0 Å². The zero-order valence-electron chi connectivity index (χ0n) is 11.5. The Hall–Kier alpha value is -0.820. The highest BCUT2D eigenvalue weighted by atomic mass is 14.9. The molecule has 0 aromatic heterocycles. The average Bonchev–Trinajstić information content (AvgIpc) is 2.98. The van der Waals surface area contributed by atoms with E-state index in [4.69, 9.17) is 0 Å². The molecule has 2 aliphatic carbocycles. The third-order valence-corrected chi connectivity index (χ3v) is 4.72. The predicted molar refractivity (Wildman–Crippen MR) is 77.0 cm³/mol. The van der Waals surface area contributed by atoms with Gasteiger partial charge < -0.3 is 5.32 Å². The Labute approximate surface area is 111 Å². The van der Waals surface area contributed by atoms with Crippen LogP contribution in [0.25, 0.3) is 0 Å². The summed E-state index contributed by atoms with van der Waals surface area (Å²) in [5, 5.41) is 3.60. The third kappa shape index (κ3) is 2.61. The minimum Gasteiger partial charge on any atom is -0.314 e. The van der Waals surface area contributed by atoms with E-state index in [1.165, 1.54) is 44.9 Å². The van der Waals surface area contributed by atoms with Gasteiger partial charge in [-0.15, -0.1) is 0 Å². The quantitative estimate of drug-likeness (QED) is 0.853. The molecule has 18 heavy (non-hydrogen) atoms. The van der Waals surface area contributed by atoms with E-state index < -0.39 is 0 Å². The molecule has 0 saturated heterocycles. The smallest absolute Gasteiger partial charge is 0.00698 e. The maximum atomic E-state index is 3.60. The van der Waals surface area contributed by atoms with E-state index >= 15 is 0 Å². The first-order valence-electron chi connectivity index (χ1n) is 7.69. The van der Waals surface area contributed by atoms with Crippen LogP contribution in [0.4, 0.5) is 0 Å². The van der Waals surface area contributed by atoms with Crippen LogP contribution in [0, 0.1) is 5.92 Å². The lowest BCUT2D eigenvalue weighted by Crippen LogP contribution is -2.25. The SMILES string of the molecule is CCNC1CCC(Cc2ccc3c(c2)CCC3)C1. The normalized spacial score (nSPS) is 26.5. The molecule has 1 heteroatoms. The van der Waals surface area contributed by atoms with Gasteiger partial charge in [-0.1, -0.05) is 25.1 Å². The summed E-state index contributed by atoms with van der Waals surface area (Å²) in [6, 6.07) is 8.04. The van der Waals surface area contributed by atoms with Crippen molar-refractivity contribution in [1.29, 1.82) is 0 Å². The van der Waals surface area contributed by atoms with Gasteiger partial charge in [0.25, 0.3) is 0 Å². The summed E-state index contributed by atoms with van der Waals surface area (Å²) in [5.41, 5.74) is 4.82. The molecule has 2 atom stereocenters. The number of rotatable bonds is 4. The van der Waals surface area contributed by atoms with Crippen molar-refractivity contribution >= 4 is 0 Å². The largest absolute Gasteiger partial charge is 0.314 e. The number of nitrogens with one attached hydrogen (secondary N) is 1. The molecule has 1 saturated carbocycles. The Balaban J connectivity index is 1.60. The van der Waals surface area contributed by atoms with E-state index in [2.05, 4.69) is 30.4 Å². The van der Waals surface area contributed by atoms with Gasteiger partial charge in [-0.2, -0.15) is 0 Å². The second kappa shape index (κ2) is 5.44. The van der Waals surface area contributed by atoms with Gasteiger partial charge in [-0.25, -0.2) is 0 Å². The highest BCUT2D eigenvalue weighted by Gasteiger charge is 2.24. The standard InChI is InChI=1S/C17H25N/c1-2-18-17-9-7-14(12-17)10-13-6-8-15-4-3-5-16(15)11-13/h6,8,11,14,17-18H,2-5,7,9-10,12H2,1H3. The second-order valence-electron chi connectivity index (χ2n) is 6.09. The lowest BCUT2D eigenvalue weighted by molar-refractivity contribution is 0.493.